The maximum Gasteiger partial charge on any atom is 0.124 e. The summed E-state index contributed by atoms with van der Waals surface area (Å²) in [6, 6.07) is 6.03. The highest BCUT2D eigenvalue weighted by molar-refractivity contribution is 5.38. The topological polar surface area (TPSA) is 29.5 Å². The van der Waals surface area contributed by atoms with E-state index in [2.05, 4.69) is 0 Å². The fourth-order valence-corrected chi connectivity index (χ4v) is 2.59. The maximum absolute atomic E-state index is 10.3. The van der Waals surface area contributed by atoms with Crippen molar-refractivity contribution < 1.29 is 9.84 Å². The third-order valence-corrected chi connectivity index (χ3v) is 3.55. The summed E-state index contributed by atoms with van der Waals surface area (Å²) in [4.78, 5) is 0. The van der Waals surface area contributed by atoms with E-state index in [0.29, 0.717) is 5.92 Å². The van der Waals surface area contributed by atoms with Gasteiger partial charge in [-0.25, -0.2) is 0 Å². The van der Waals surface area contributed by atoms with E-state index in [1.54, 1.807) is 7.11 Å². The maximum atomic E-state index is 10.3. The Morgan fingerprint density at radius 2 is 2.00 bits per heavy atom. The molecule has 1 unspecified atom stereocenters. The van der Waals surface area contributed by atoms with Gasteiger partial charge in [0.05, 0.1) is 13.2 Å². The molecule has 1 aliphatic rings. The summed E-state index contributed by atoms with van der Waals surface area (Å²) >= 11 is 0. The predicted molar refractivity (Wildman–Crippen MR) is 64.6 cm³/mol. The van der Waals surface area contributed by atoms with Gasteiger partial charge in [0.15, 0.2) is 0 Å². The van der Waals surface area contributed by atoms with E-state index in [4.69, 9.17) is 4.74 Å². The number of methoxy groups -OCH3 is 1. The fraction of sp³-hybridized carbons (Fsp3) is 0.571. The van der Waals surface area contributed by atoms with E-state index >= 15 is 0 Å². The minimum atomic E-state index is -0.363. The number of ether oxygens (including phenoxy) is 1. The van der Waals surface area contributed by atoms with E-state index in [1.165, 1.54) is 18.4 Å². The first kappa shape index (κ1) is 11.5. The summed E-state index contributed by atoms with van der Waals surface area (Å²) in [6.45, 7) is 2.04. The van der Waals surface area contributed by atoms with Crippen LogP contribution in [0.5, 0.6) is 5.75 Å². The molecule has 0 heterocycles. The van der Waals surface area contributed by atoms with Crippen molar-refractivity contribution in [3.63, 3.8) is 0 Å². The molecule has 88 valence electrons. The Bertz CT molecular complexity index is 354. The lowest BCUT2D eigenvalue weighted by Gasteiger charge is -2.20. The Labute approximate surface area is 97.3 Å². The first-order valence-electron chi connectivity index (χ1n) is 6.05. The second kappa shape index (κ2) is 4.88. The molecular formula is C14H20O2. The first-order valence-corrected chi connectivity index (χ1v) is 6.05. The van der Waals surface area contributed by atoms with Crippen LogP contribution >= 0.6 is 0 Å². The number of hydrogen-bond acceptors (Lipinski definition) is 2. The zero-order valence-electron chi connectivity index (χ0n) is 10.1. The molecule has 1 aromatic rings. The smallest absolute Gasteiger partial charge is 0.124 e. The largest absolute Gasteiger partial charge is 0.496 e. The summed E-state index contributed by atoms with van der Waals surface area (Å²) in [5.41, 5.74) is 2.11. The molecule has 1 N–H and O–H groups in total. The van der Waals surface area contributed by atoms with Crippen LogP contribution in [0.2, 0.25) is 0 Å². The average molecular weight is 220 g/mol. The van der Waals surface area contributed by atoms with Gasteiger partial charge < -0.3 is 9.84 Å². The molecule has 16 heavy (non-hydrogen) atoms. The van der Waals surface area contributed by atoms with Crippen molar-refractivity contribution in [3.05, 3.63) is 29.3 Å². The molecule has 1 aromatic carbocycles. The van der Waals surface area contributed by atoms with Crippen molar-refractivity contribution in [2.75, 3.05) is 7.11 Å². The molecule has 0 spiro atoms. The summed E-state index contributed by atoms with van der Waals surface area (Å²) in [5, 5.41) is 10.3. The fourth-order valence-electron chi connectivity index (χ4n) is 2.59. The highest BCUT2D eigenvalue weighted by Gasteiger charge is 2.26. The molecule has 0 bridgehead atoms. The molecule has 0 saturated heterocycles. The normalized spacial score (nSPS) is 18.7. The molecule has 0 aliphatic heterocycles. The quantitative estimate of drug-likeness (QED) is 0.847. The van der Waals surface area contributed by atoms with Crippen LogP contribution < -0.4 is 4.74 Å². The van der Waals surface area contributed by atoms with Gasteiger partial charge in [0.1, 0.15) is 5.75 Å². The van der Waals surface area contributed by atoms with Crippen molar-refractivity contribution in [1.29, 1.82) is 0 Å². The van der Waals surface area contributed by atoms with Crippen molar-refractivity contribution in [3.8, 4) is 5.75 Å². The zero-order chi connectivity index (χ0) is 11.5. The third-order valence-electron chi connectivity index (χ3n) is 3.55. The van der Waals surface area contributed by atoms with Gasteiger partial charge in [-0.1, -0.05) is 25.0 Å². The van der Waals surface area contributed by atoms with Gasteiger partial charge in [-0.15, -0.1) is 0 Å². The van der Waals surface area contributed by atoms with Gasteiger partial charge in [-0.2, -0.15) is 0 Å². The van der Waals surface area contributed by atoms with Gasteiger partial charge >= 0.3 is 0 Å². The lowest BCUT2D eigenvalue weighted by molar-refractivity contribution is 0.108. The van der Waals surface area contributed by atoms with Gasteiger partial charge in [0, 0.05) is 5.56 Å². The van der Waals surface area contributed by atoms with Crippen molar-refractivity contribution >= 4 is 0 Å². The van der Waals surface area contributed by atoms with E-state index in [1.807, 2.05) is 25.1 Å². The summed E-state index contributed by atoms with van der Waals surface area (Å²) < 4.78 is 5.35. The van der Waals surface area contributed by atoms with Gasteiger partial charge in [-0.3, -0.25) is 0 Å². The van der Waals surface area contributed by atoms with Crippen LogP contribution in [0, 0.1) is 12.8 Å². The average Bonchev–Trinajstić information content (AvgIpc) is 2.81. The third kappa shape index (κ3) is 2.22. The summed E-state index contributed by atoms with van der Waals surface area (Å²) in [6.07, 6.45) is 4.40. The van der Waals surface area contributed by atoms with E-state index < -0.39 is 0 Å². The SMILES string of the molecule is COc1cc(C)ccc1C(O)C1CCCC1. The standard InChI is InChI=1S/C14H20O2/c1-10-7-8-12(13(9-10)16-2)14(15)11-5-3-4-6-11/h7-9,11,14-15H,3-6H2,1-2H3. The van der Waals surface area contributed by atoms with Crippen LogP contribution in [0.3, 0.4) is 0 Å². The minimum absolute atomic E-state index is 0.363. The van der Waals surface area contributed by atoms with Crippen molar-refractivity contribution in [1.82, 2.24) is 0 Å². The number of rotatable bonds is 3. The van der Waals surface area contributed by atoms with Crippen molar-refractivity contribution in [2.45, 2.75) is 38.7 Å². The number of hydrogen-bond donors (Lipinski definition) is 1. The Morgan fingerprint density at radius 1 is 1.31 bits per heavy atom. The molecular weight excluding hydrogens is 200 g/mol. The molecule has 2 heteroatoms. The highest BCUT2D eigenvalue weighted by atomic mass is 16.5. The Balaban J connectivity index is 2.24. The van der Waals surface area contributed by atoms with Crippen LogP contribution in [-0.2, 0) is 0 Å². The molecule has 0 aromatic heterocycles. The second-order valence-electron chi connectivity index (χ2n) is 4.73. The molecule has 0 amide bonds. The minimum Gasteiger partial charge on any atom is -0.496 e. The summed E-state index contributed by atoms with van der Waals surface area (Å²) in [5.74, 6) is 1.23. The zero-order valence-corrected chi connectivity index (χ0v) is 10.1. The molecule has 2 nitrogen and oxygen atoms in total. The predicted octanol–water partition coefficient (Wildman–Crippen LogP) is 3.23. The number of aliphatic hydroxyl groups excluding tert-OH is 1. The number of benzene rings is 1. The lowest BCUT2D eigenvalue weighted by atomic mass is 9.93. The monoisotopic (exact) mass is 220 g/mol. The van der Waals surface area contributed by atoms with Crippen LogP contribution in [0.4, 0.5) is 0 Å². The van der Waals surface area contributed by atoms with Crippen LogP contribution in [-0.4, -0.2) is 12.2 Å². The molecule has 1 aliphatic carbocycles. The van der Waals surface area contributed by atoms with Crippen LogP contribution in [0.1, 0.15) is 42.9 Å². The van der Waals surface area contributed by atoms with Gasteiger partial charge in [-0.05, 0) is 37.3 Å². The molecule has 0 radical (unpaired) electrons. The second-order valence-corrected chi connectivity index (χ2v) is 4.73. The lowest BCUT2D eigenvalue weighted by Crippen LogP contribution is -2.10. The van der Waals surface area contributed by atoms with E-state index in [0.717, 1.165) is 24.2 Å². The van der Waals surface area contributed by atoms with Gasteiger partial charge in [0.25, 0.3) is 0 Å². The van der Waals surface area contributed by atoms with Gasteiger partial charge in [0.2, 0.25) is 0 Å². The highest BCUT2D eigenvalue weighted by Crippen LogP contribution is 2.38. The van der Waals surface area contributed by atoms with Crippen LogP contribution in [0.15, 0.2) is 18.2 Å². The molecule has 1 atom stereocenters. The van der Waals surface area contributed by atoms with Crippen molar-refractivity contribution in [2.24, 2.45) is 5.92 Å². The number of aliphatic hydroxyl groups is 1. The first-order chi connectivity index (χ1) is 7.72. The van der Waals surface area contributed by atoms with E-state index in [9.17, 15) is 5.11 Å². The molecule has 1 saturated carbocycles. The van der Waals surface area contributed by atoms with E-state index in [-0.39, 0.29) is 6.10 Å². The molecule has 1 fully saturated rings. The Morgan fingerprint density at radius 3 is 2.62 bits per heavy atom. The number of aryl methyl sites for hydroxylation is 1. The summed E-state index contributed by atoms with van der Waals surface area (Å²) in [7, 11) is 1.67. The Hall–Kier alpha value is -1.02. The Kier molecular flexibility index (Phi) is 3.49. The van der Waals surface area contributed by atoms with Crippen LogP contribution in [0.25, 0.3) is 0 Å². The molecule has 2 rings (SSSR count).